The van der Waals surface area contributed by atoms with Gasteiger partial charge in [-0.3, -0.25) is 0 Å². The Labute approximate surface area is 93.4 Å². The van der Waals surface area contributed by atoms with E-state index in [2.05, 4.69) is 15.9 Å². The Morgan fingerprint density at radius 3 is 2.29 bits per heavy atom. The van der Waals surface area contributed by atoms with Gasteiger partial charge in [0.15, 0.2) is 6.79 Å². The Kier molecular flexibility index (Phi) is 4.42. The van der Waals surface area contributed by atoms with Crippen LogP contribution in [-0.2, 0) is 4.74 Å². The van der Waals surface area contributed by atoms with Gasteiger partial charge in [0.1, 0.15) is 5.75 Å². The van der Waals surface area contributed by atoms with Gasteiger partial charge in [0.05, 0.1) is 0 Å². The molecule has 0 spiro atoms. The summed E-state index contributed by atoms with van der Waals surface area (Å²) in [6.07, 6.45) is 0. The minimum absolute atomic E-state index is 0.319. The topological polar surface area (TPSA) is 18.5 Å². The zero-order chi connectivity index (χ0) is 10.6. The molecule has 0 radical (unpaired) electrons. The molecule has 0 amide bonds. The minimum atomic E-state index is 0.319. The van der Waals surface area contributed by atoms with E-state index in [1.54, 1.807) is 0 Å². The monoisotopic (exact) mass is 258 g/mol. The van der Waals surface area contributed by atoms with Gasteiger partial charge in [0, 0.05) is 11.1 Å². The first-order chi connectivity index (χ1) is 6.65. The Hall–Kier alpha value is -0.540. The lowest BCUT2D eigenvalue weighted by molar-refractivity contribution is 0.0216. The molecule has 0 N–H and O–H groups in total. The van der Waals surface area contributed by atoms with Gasteiger partial charge in [-0.1, -0.05) is 15.9 Å². The molecule has 1 aromatic carbocycles. The lowest BCUT2D eigenvalue weighted by Gasteiger charge is -2.12. The van der Waals surface area contributed by atoms with Gasteiger partial charge >= 0.3 is 0 Å². The molecule has 0 fully saturated rings. The molecule has 0 unspecified atom stereocenters. The molecular weight excluding hydrogens is 244 g/mol. The number of hydrogen-bond acceptors (Lipinski definition) is 2. The zero-order valence-corrected chi connectivity index (χ0v) is 10.3. The summed E-state index contributed by atoms with van der Waals surface area (Å²) < 4.78 is 11.7. The number of ether oxygens (including phenoxy) is 2. The van der Waals surface area contributed by atoms with E-state index in [1.807, 2.05) is 32.9 Å². The fourth-order valence-electron chi connectivity index (χ4n) is 1.31. The first-order valence-electron chi connectivity index (χ1n) is 4.62. The third kappa shape index (κ3) is 3.00. The highest BCUT2D eigenvalue weighted by atomic mass is 79.9. The van der Waals surface area contributed by atoms with Crippen molar-refractivity contribution in [2.75, 3.05) is 13.4 Å². The fraction of sp³-hybridized carbons (Fsp3) is 0.455. The molecule has 1 rings (SSSR count). The van der Waals surface area contributed by atoms with Crippen molar-refractivity contribution < 1.29 is 9.47 Å². The van der Waals surface area contributed by atoms with Crippen LogP contribution in [0, 0.1) is 13.8 Å². The largest absolute Gasteiger partial charge is 0.467 e. The molecule has 0 saturated heterocycles. The van der Waals surface area contributed by atoms with Gasteiger partial charge in [-0.25, -0.2) is 0 Å². The van der Waals surface area contributed by atoms with E-state index in [1.165, 1.54) is 0 Å². The van der Waals surface area contributed by atoms with Gasteiger partial charge in [-0.15, -0.1) is 0 Å². The normalized spacial score (nSPS) is 10.3. The summed E-state index contributed by atoms with van der Waals surface area (Å²) in [5.41, 5.74) is 2.24. The van der Waals surface area contributed by atoms with Crippen LogP contribution >= 0.6 is 15.9 Å². The smallest absolute Gasteiger partial charge is 0.189 e. The van der Waals surface area contributed by atoms with E-state index in [0.717, 1.165) is 21.3 Å². The SMILES string of the molecule is CCOCOc1c(C)cc(Br)cc1C. The van der Waals surface area contributed by atoms with E-state index in [0.29, 0.717) is 13.4 Å². The second kappa shape index (κ2) is 5.37. The van der Waals surface area contributed by atoms with Crippen LogP contribution in [0.5, 0.6) is 5.75 Å². The maximum atomic E-state index is 5.52. The van der Waals surface area contributed by atoms with Crippen LogP contribution < -0.4 is 4.74 Å². The van der Waals surface area contributed by atoms with Crippen LogP contribution in [-0.4, -0.2) is 13.4 Å². The molecule has 78 valence electrons. The van der Waals surface area contributed by atoms with Gasteiger partial charge in [0.2, 0.25) is 0 Å². The summed E-state index contributed by atoms with van der Waals surface area (Å²) in [6.45, 7) is 7.00. The van der Waals surface area contributed by atoms with Gasteiger partial charge in [0.25, 0.3) is 0 Å². The molecular formula is C11H15BrO2. The first kappa shape index (κ1) is 11.5. The number of rotatable bonds is 4. The molecule has 0 saturated carbocycles. The van der Waals surface area contributed by atoms with Gasteiger partial charge < -0.3 is 9.47 Å². The predicted octanol–water partition coefficient (Wildman–Crippen LogP) is 3.44. The average molecular weight is 259 g/mol. The van der Waals surface area contributed by atoms with E-state index in [4.69, 9.17) is 9.47 Å². The Balaban J connectivity index is 2.75. The predicted molar refractivity (Wildman–Crippen MR) is 60.7 cm³/mol. The van der Waals surface area contributed by atoms with Crippen LogP contribution in [0.3, 0.4) is 0 Å². The molecule has 0 aliphatic heterocycles. The second-order valence-corrected chi connectivity index (χ2v) is 4.04. The lowest BCUT2D eigenvalue weighted by atomic mass is 10.1. The minimum Gasteiger partial charge on any atom is -0.467 e. The summed E-state index contributed by atoms with van der Waals surface area (Å²) in [4.78, 5) is 0. The Morgan fingerprint density at radius 2 is 1.79 bits per heavy atom. The number of halogens is 1. The van der Waals surface area contributed by atoms with Crippen molar-refractivity contribution >= 4 is 15.9 Å². The molecule has 0 aliphatic rings. The third-order valence-electron chi connectivity index (χ3n) is 1.92. The Morgan fingerprint density at radius 1 is 1.21 bits per heavy atom. The fourth-order valence-corrected chi connectivity index (χ4v) is 2.00. The van der Waals surface area contributed by atoms with Crippen molar-refractivity contribution in [2.45, 2.75) is 20.8 Å². The maximum absolute atomic E-state index is 5.52. The van der Waals surface area contributed by atoms with Crippen molar-refractivity contribution in [3.8, 4) is 5.75 Å². The maximum Gasteiger partial charge on any atom is 0.189 e. The van der Waals surface area contributed by atoms with Crippen LogP contribution in [0.15, 0.2) is 16.6 Å². The third-order valence-corrected chi connectivity index (χ3v) is 2.37. The van der Waals surface area contributed by atoms with E-state index < -0.39 is 0 Å². The van der Waals surface area contributed by atoms with E-state index >= 15 is 0 Å². The number of aryl methyl sites for hydroxylation is 2. The molecule has 1 aromatic rings. The first-order valence-corrected chi connectivity index (χ1v) is 5.41. The van der Waals surface area contributed by atoms with Crippen LogP contribution in [0.2, 0.25) is 0 Å². The van der Waals surface area contributed by atoms with E-state index in [9.17, 15) is 0 Å². The van der Waals surface area contributed by atoms with Crippen molar-refractivity contribution in [3.63, 3.8) is 0 Å². The zero-order valence-electron chi connectivity index (χ0n) is 8.76. The van der Waals surface area contributed by atoms with Crippen LogP contribution in [0.1, 0.15) is 18.1 Å². The molecule has 3 heteroatoms. The Bertz CT molecular complexity index is 287. The average Bonchev–Trinajstić information content (AvgIpc) is 2.09. The summed E-state index contributed by atoms with van der Waals surface area (Å²) in [7, 11) is 0. The molecule has 2 nitrogen and oxygen atoms in total. The molecule has 0 heterocycles. The number of hydrogen-bond donors (Lipinski definition) is 0. The molecule has 0 aromatic heterocycles. The van der Waals surface area contributed by atoms with Crippen molar-refractivity contribution in [2.24, 2.45) is 0 Å². The van der Waals surface area contributed by atoms with Crippen LogP contribution in [0.4, 0.5) is 0 Å². The second-order valence-electron chi connectivity index (χ2n) is 3.12. The lowest BCUT2D eigenvalue weighted by Crippen LogP contribution is -2.04. The highest BCUT2D eigenvalue weighted by molar-refractivity contribution is 9.10. The highest BCUT2D eigenvalue weighted by Crippen LogP contribution is 2.27. The van der Waals surface area contributed by atoms with Crippen LogP contribution in [0.25, 0.3) is 0 Å². The summed E-state index contributed by atoms with van der Waals surface area (Å²) in [5, 5.41) is 0. The summed E-state index contributed by atoms with van der Waals surface area (Å²) in [5.74, 6) is 0.918. The molecule has 0 bridgehead atoms. The van der Waals surface area contributed by atoms with E-state index in [-0.39, 0.29) is 0 Å². The number of benzene rings is 1. The molecule has 0 atom stereocenters. The molecule has 14 heavy (non-hydrogen) atoms. The van der Waals surface area contributed by atoms with Gasteiger partial charge in [-0.2, -0.15) is 0 Å². The standard InChI is InChI=1S/C11H15BrO2/c1-4-13-7-14-11-8(2)5-10(12)6-9(11)3/h5-6H,4,7H2,1-3H3. The molecule has 0 aliphatic carbocycles. The summed E-state index contributed by atoms with van der Waals surface area (Å²) >= 11 is 3.44. The van der Waals surface area contributed by atoms with Crippen molar-refractivity contribution in [3.05, 3.63) is 27.7 Å². The van der Waals surface area contributed by atoms with Crippen molar-refractivity contribution in [1.29, 1.82) is 0 Å². The quantitative estimate of drug-likeness (QED) is 0.609. The highest BCUT2D eigenvalue weighted by Gasteiger charge is 2.04. The summed E-state index contributed by atoms with van der Waals surface area (Å²) in [6, 6.07) is 4.07. The van der Waals surface area contributed by atoms with Crippen molar-refractivity contribution in [1.82, 2.24) is 0 Å². The van der Waals surface area contributed by atoms with Gasteiger partial charge in [-0.05, 0) is 44.0 Å².